The first-order chi connectivity index (χ1) is 14.0. The number of hydrogen-bond donors (Lipinski definition) is 1. The van der Waals surface area contributed by atoms with E-state index < -0.39 is 0 Å². The van der Waals surface area contributed by atoms with Crippen molar-refractivity contribution in [1.29, 1.82) is 0 Å². The number of ether oxygens (including phenoxy) is 1. The number of nitrogens with one attached hydrogen (secondary N) is 1. The lowest BCUT2D eigenvalue weighted by Crippen LogP contribution is -2.25. The number of nitrogens with zero attached hydrogens (tertiary/aromatic N) is 1. The van der Waals surface area contributed by atoms with Crippen molar-refractivity contribution in [2.45, 2.75) is 53.4 Å². The van der Waals surface area contributed by atoms with E-state index in [1.165, 1.54) is 5.56 Å². The molecule has 0 bridgehead atoms. The number of rotatable bonds is 8. The fourth-order valence-electron chi connectivity index (χ4n) is 3.58. The Kier molecular flexibility index (Phi) is 7.99. The monoisotopic (exact) mass is 406 g/mol. The van der Waals surface area contributed by atoms with E-state index in [1.54, 1.807) is 0 Å². The first kappa shape index (κ1) is 23.4. The minimum atomic E-state index is -0.292. The molecule has 0 radical (unpaired) electrons. The Morgan fingerprint density at radius 2 is 1.63 bits per heavy atom. The van der Waals surface area contributed by atoms with Gasteiger partial charge in [0.05, 0.1) is 5.71 Å². The smallest absolute Gasteiger partial charge is 0.277 e. The molecule has 4 nitrogen and oxygen atoms in total. The van der Waals surface area contributed by atoms with Crippen LogP contribution in [0.15, 0.2) is 65.8 Å². The third kappa shape index (κ3) is 8.24. The molecule has 4 heteroatoms. The molecule has 0 saturated carbocycles. The van der Waals surface area contributed by atoms with Gasteiger partial charge in [0.1, 0.15) is 5.75 Å². The van der Waals surface area contributed by atoms with Gasteiger partial charge in [-0.3, -0.25) is 4.79 Å². The quantitative estimate of drug-likeness (QED) is 0.433. The van der Waals surface area contributed by atoms with Crippen molar-refractivity contribution in [2.75, 3.05) is 6.61 Å². The fourth-order valence-corrected chi connectivity index (χ4v) is 3.58. The Hall–Kier alpha value is -2.88. The lowest BCUT2D eigenvalue weighted by Gasteiger charge is -2.33. The van der Waals surface area contributed by atoms with Gasteiger partial charge in [-0.05, 0) is 53.5 Å². The molecule has 0 aliphatic carbocycles. The molecule has 30 heavy (non-hydrogen) atoms. The second-order valence-electron chi connectivity index (χ2n) is 9.47. The van der Waals surface area contributed by atoms with Crippen molar-refractivity contribution in [1.82, 2.24) is 5.43 Å². The Bertz CT molecular complexity index is 873. The minimum Gasteiger partial charge on any atom is -0.484 e. The predicted octanol–water partition coefficient (Wildman–Crippen LogP) is 5.98. The standard InChI is InChI=1S/C26H34N2O2/c1-20(12-13-21-10-8-7-9-11-21)27-28-24(29)18-30-23-16-14-22(15-17-23)26(5,6)19-25(2,3)4/h7-17H,18-19H2,1-6H3,(H,28,29). The van der Waals surface area contributed by atoms with Gasteiger partial charge < -0.3 is 4.74 Å². The van der Waals surface area contributed by atoms with Gasteiger partial charge in [0.25, 0.3) is 5.91 Å². The molecule has 0 unspecified atom stereocenters. The Labute approximate surface area is 181 Å². The van der Waals surface area contributed by atoms with Crippen molar-refractivity contribution in [3.05, 3.63) is 71.8 Å². The van der Waals surface area contributed by atoms with E-state index in [0.29, 0.717) is 11.5 Å². The highest BCUT2D eigenvalue weighted by molar-refractivity contribution is 5.97. The van der Waals surface area contributed by atoms with Gasteiger partial charge in [0.15, 0.2) is 6.61 Å². The number of hydrogen-bond acceptors (Lipinski definition) is 3. The second-order valence-corrected chi connectivity index (χ2v) is 9.47. The zero-order chi connectivity index (χ0) is 22.2. The Balaban J connectivity index is 1.84. The summed E-state index contributed by atoms with van der Waals surface area (Å²) in [7, 11) is 0. The molecule has 2 aromatic carbocycles. The predicted molar refractivity (Wildman–Crippen MR) is 126 cm³/mol. The van der Waals surface area contributed by atoms with Gasteiger partial charge in [0, 0.05) is 0 Å². The number of allylic oxidation sites excluding steroid dienone is 1. The zero-order valence-electron chi connectivity index (χ0n) is 19.0. The van der Waals surface area contributed by atoms with Gasteiger partial charge in [-0.1, -0.05) is 83.2 Å². The molecule has 2 rings (SSSR count). The lowest BCUT2D eigenvalue weighted by molar-refractivity contribution is -0.123. The topological polar surface area (TPSA) is 50.7 Å². The van der Waals surface area contributed by atoms with Crippen LogP contribution in [0.1, 0.15) is 59.1 Å². The summed E-state index contributed by atoms with van der Waals surface area (Å²) in [5, 5.41) is 4.08. The van der Waals surface area contributed by atoms with Crippen LogP contribution in [0.3, 0.4) is 0 Å². The number of carbonyl (C=O) groups is 1. The molecule has 0 saturated heterocycles. The molecule has 160 valence electrons. The van der Waals surface area contributed by atoms with Crippen molar-refractivity contribution >= 4 is 17.7 Å². The second kappa shape index (κ2) is 10.2. The largest absolute Gasteiger partial charge is 0.484 e. The summed E-state index contributed by atoms with van der Waals surface area (Å²) in [6.45, 7) is 13.0. The van der Waals surface area contributed by atoms with E-state index in [1.807, 2.05) is 61.5 Å². The minimum absolute atomic E-state index is 0.0770. The molecule has 0 heterocycles. The van der Waals surface area contributed by atoms with Gasteiger partial charge >= 0.3 is 0 Å². The summed E-state index contributed by atoms with van der Waals surface area (Å²) < 4.78 is 5.60. The molecule has 0 aromatic heterocycles. The molecule has 0 spiro atoms. The molecule has 0 fully saturated rings. The van der Waals surface area contributed by atoms with Crippen LogP contribution in [-0.2, 0) is 10.2 Å². The molecule has 0 aliphatic heterocycles. The maximum atomic E-state index is 12.0. The van der Waals surface area contributed by atoms with Crippen molar-refractivity contribution in [2.24, 2.45) is 10.5 Å². The average Bonchev–Trinajstić information content (AvgIpc) is 2.68. The van der Waals surface area contributed by atoms with Gasteiger partial charge in [0.2, 0.25) is 0 Å². The van der Waals surface area contributed by atoms with Crippen LogP contribution in [0.25, 0.3) is 6.08 Å². The number of carbonyl (C=O) groups excluding carboxylic acids is 1. The Morgan fingerprint density at radius 3 is 2.23 bits per heavy atom. The van der Waals surface area contributed by atoms with E-state index in [0.717, 1.165) is 12.0 Å². The van der Waals surface area contributed by atoms with Crippen LogP contribution in [0.5, 0.6) is 5.75 Å². The summed E-state index contributed by atoms with van der Waals surface area (Å²) in [5.74, 6) is 0.379. The maximum Gasteiger partial charge on any atom is 0.277 e. The van der Waals surface area contributed by atoms with Crippen molar-refractivity contribution in [3.8, 4) is 5.75 Å². The van der Waals surface area contributed by atoms with Crippen LogP contribution in [-0.4, -0.2) is 18.2 Å². The molecular formula is C26H34N2O2. The third-order valence-electron chi connectivity index (χ3n) is 4.65. The molecule has 0 aliphatic rings. The van der Waals surface area contributed by atoms with Crippen LogP contribution in [0.2, 0.25) is 0 Å². The van der Waals surface area contributed by atoms with Crippen LogP contribution in [0, 0.1) is 5.41 Å². The first-order valence-corrected chi connectivity index (χ1v) is 10.3. The van der Waals surface area contributed by atoms with Gasteiger partial charge in [-0.15, -0.1) is 0 Å². The highest BCUT2D eigenvalue weighted by Gasteiger charge is 2.27. The van der Waals surface area contributed by atoms with Gasteiger partial charge in [-0.25, -0.2) is 5.43 Å². The SMILES string of the molecule is CC(C=Cc1ccccc1)=NNC(=O)COc1ccc(C(C)(C)CC(C)(C)C)cc1. The van der Waals surface area contributed by atoms with E-state index in [2.05, 4.69) is 57.3 Å². The van der Waals surface area contributed by atoms with Crippen molar-refractivity contribution < 1.29 is 9.53 Å². The maximum absolute atomic E-state index is 12.0. The van der Waals surface area contributed by atoms with Gasteiger partial charge in [-0.2, -0.15) is 5.10 Å². The Morgan fingerprint density at radius 1 is 1.00 bits per heavy atom. The fraction of sp³-hybridized carbons (Fsp3) is 0.385. The molecular weight excluding hydrogens is 372 g/mol. The first-order valence-electron chi connectivity index (χ1n) is 10.3. The van der Waals surface area contributed by atoms with E-state index in [9.17, 15) is 4.79 Å². The van der Waals surface area contributed by atoms with E-state index >= 15 is 0 Å². The third-order valence-corrected chi connectivity index (χ3v) is 4.65. The van der Waals surface area contributed by atoms with Crippen molar-refractivity contribution in [3.63, 3.8) is 0 Å². The van der Waals surface area contributed by atoms with E-state index in [4.69, 9.17) is 4.74 Å². The summed E-state index contributed by atoms with van der Waals surface area (Å²) in [6.07, 6.45) is 4.89. The lowest BCUT2D eigenvalue weighted by atomic mass is 9.72. The van der Waals surface area contributed by atoms with Crippen LogP contribution in [0.4, 0.5) is 0 Å². The highest BCUT2D eigenvalue weighted by Crippen LogP contribution is 2.36. The highest BCUT2D eigenvalue weighted by atomic mass is 16.5. The van der Waals surface area contributed by atoms with Crippen LogP contribution < -0.4 is 10.2 Å². The normalized spacial score (nSPS) is 12.8. The number of hydrazone groups is 1. The zero-order valence-corrected chi connectivity index (χ0v) is 19.0. The summed E-state index contributed by atoms with van der Waals surface area (Å²) in [4.78, 5) is 12.0. The average molecular weight is 407 g/mol. The number of benzene rings is 2. The molecule has 1 amide bonds. The number of amides is 1. The molecule has 1 N–H and O–H groups in total. The summed E-state index contributed by atoms with van der Waals surface area (Å²) in [5.41, 5.74) is 5.90. The summed E-state index contributed by atoms with van der Waals surface area (Å²) in [6, 6.07) is 17.9. The summed E-state index contributed by atoms with van der Waals surface area (Å²) >= 11 is 0. The molecule has 0 atom stereocenters. The van der Waals surface area contributed by atoms with E-state index in [-0.39, 0.29) is 23.3 Å². The van der Waals surface area contributed by atoms with Crippen LogP contribution >= 0.6 is 0 Å². The molecule has 2 aromatic rings.